The summed E-state index contributed by atoms with van der Waals surface area (Å²) in [5, 5.41) is 14.0. The van der Waals surface area contributed by atoms with Crippen LogP contribution in [0, 0.1) is 0 Å². The van der Waals surface area contributed by atoms with Crippen molar-refractivity contribution in [3.8, 4) is 0 Å². The standard InChI is InChI=1S/C79H153N2O6P/c1-6-8-10-12-14-16-18-20-22-24-26-28-30-32-34-35-36-37-38-39-40-41-42-43-44-45-47-49-51-53-55-57-59-61-63-65-67-69-71-73-79(83)80-77(76-87-88(84,85)86-75-74-81(3,4)5)78(82)72-70-68-66-64-62-60-58-56-54-52-50-48-46-33-31-29-27-25-23-21-19-17-15-13-11-9-7-2/h18,20,24,26,62,64,70,72,77-78,82H,6-17,19,21-23,25,27-61,63,65-69,71,73-76H2,1-5H3,(H-,80,83,84,85)/p+1/b20-18-,26-24-,64-62+,72-70+. The number of nitrogens with one attached hydrogen (secondary N) is 1. The van der Waals surface area contributed by atoms with Crippen molar-refractivity contribution in [1.29, 1.82) is 0 Å². The SMILES string of the molecule is CCCCCCC/C=C\C/C=C\CCCCCCCCCCCCCCCCCCCCCCCCCCCCCC(=O)NC(COP(=O)(O)OCC[N+](C)(C)C)C(O)/C=C/CC/C=C/CCCCCCCCCCCCCCCCCCCCCCC. The number of phosphoric ester groups is 1. The van der Waals surface area contributed by atoms with Crippen LogP contribution in [0.1, 0.15) is 399 Å². The monoisotopic (exact) mass is 1260 g/mol. The van der Waals surface area contributed by atoms with Gasteiger partial charge in [0.25, 0.3) is 0 Å². The van der Waals surface area contributed by atoms with Crippen LogP contribution in [-0.2, 0) is 18.4 Å². The Hall–Kier alpha value is -1.54. The van der Waals surface area contributed by atoms with Crippen LogP contribution < -0.4 is 5.32 Å². The van der Waals surface area contributed by atoms with Gasteiger partial charge in [0.1, 0.15) is 13.2 Å². The van der Waals surface area contributed by atoms with Crippen LogP contribution in [0.3, 0.4) is 0 Å². The Balaban J connectivity index is 3.96. The van der Waals surface area contributed by atoms with Gasteiger partial charge >= 0.3 is 7.82 Å². The summed E-state index contributed by atoms with van der Waals surface area (Å²) in [4.78, 5) is 23.5. The predicted octanol–water partition coefficient (Wildman–Crippen LogP) is 25.3. The lowest BCUT2D eigenvalue weighted by atomic mass is 10.0. The van der Waals surface area contributed by atoms with Gasteiger partial charge in [-0.25, -0.2) is 4.57 Å². The number of amides is 1. The van der Waals surface area contributed by atoms with Gasteiger partial charge in [0.2, 0.25) is 5.91 Å². The maximum absolute atomic E-state index is 13.1. The molecule has 3 atom stereocenters. The zero-order chi connectivity index (χ0) is 64.1. The number of nitrogens with zero attached hydrogens (tertiary/aromatic N) is 1. The van der Waals surface area contributed by atoms with Crippen molar-refractivity contribution in [2.75, 3.05) is 40.9 Å². The van der Waals surface area contributed by atoms with Gasteiger partial charge in [-0.3, -0.25) is 13.8 Å². The zero-order valence-electron chi connectivity index (χ0n) is 59.7. The Morgan fingerprint density at radius 1 is 0.386 bits per heavy atom. The molecule has 0 aliphatic carbocycles. The summed E-state index contributed by atoms with van der Waals surface area (Å²) >= 11 is 0. The first-order valence-corrected chi connectivity index (χ1v) is 40.5. The van der Waals surface area contributed by atoms with Crippen molar-refractivity contribution in [2.24, 2.45) is 0 Å². The van der Waals surface area contributed by atoms with Crippen LogP contribution in [0.4, 0.5) is 0 Å². The lowest BCUT2D eigenvalue weighted by Gasteiger charge is -2.25. The molecule has 0 aromatic carbocycles. The molecule has 9 heteroatoms. The molecule has 0 rings (SSSR count). The number of likely N-dealkylation sites (N-methyl/N-ethyl adjacent to an activating group) is 1. The molecule has 0 radical (unpaired) electrons. The molecule has 0 saturated heterocycles. The number of unbranched alkanes of at least 4 members (excludes halogenated alkanes) is 54. The fourth-order valence-corrected chi connectivity index (χ4v) is 12.7. The second-order valence-electron chi connectivity index (χ2n) is 28.1. The summed E-state index contributed by atoms with van der Waals surface area (Å²) in [6.07, 6.45) is 95.9. The minimum Gasteiger partial charge on any atom is -0.387 e. The summed E-state index contributed by atoms with van der Waals surface area (Å²) in [7, 11) is 1.57. The van der Waals surface area contributed by atoms with Crippen LogP contribution >= 0.6 is 7.82 Å². The highest BCUT2D eigenvalue weighted by Gasteiger charge is 2.28. The number of hydrogen-bond acceptors (Lipinski definition) is 5. The third-order valence-electron chi connectivity index (χ3n) is 18.0. The average Bonchev–Trinajstić information content (AvgIpc) is 3.70. The van der Waals surface area contributed by atoms with Crippen molar-refractivity contribution >= 4 is 13.7 Å². The molecule has 0 heterocycles. The number of allylic oxidation sites excluding steroid dienone is 7. The molecule has 1 amide bonds. The number of rotatable bonds is 73. The van der Waals surface area contributed by atoms with E-state index < -0.39 is 20.0 Å². The second kappa shape index (κ2) is 69.8. The third kappa shape index (κ3) is 71.9. The number of carbonyl (C=O) groups excluding carboxylic acids is 1. The topological polar surface area (TPSA) is 105 Å². The number of aliphatic hydroxyl groups is 1. The minimum absolute atomic E-state index is 0.0579. The van der Waals surface area contributed by atoms with Crippen LogP contribution in [0.2, 0.25) is 0 Å². The fraction of sp³-hybridized carbons (Fsp3) is 0.886. The second-order valence-corrected chi connectivity index (χ2v) is 29.5. The molecule has 8 nitrogen and oxygen atoms in total. The van der Waals surface area contributed by atoms with Crippen LogP contribution in [-0.4, -0.2) is 73.4 Å². The smallest absolute Gasteiger partial charge is 0.387 e. The highest BCUT2D eigenvalue weighted by atomic mass is 31.2. The lowest BCUT2D eigenvalue weighted by Crippen LogP contribution is -2.45. The van der Waals surface area contributed by atoms with Gasteiger partial charge in [-0.05, 0) is 64.2 Å². The first-order chi connectivity index (χ1) is 43.0. The van der Waals surface area contributed by atoms with E-state index in [2.05, 4.69) is 55.6 Å². The highest BCUT2D eigenvalue weighted by Crippen LogP contribution is 2.43. The summed E-state index contributed by atoms with van der Waals surface area (Å²) < 4.78 is 23.8. The van der Waals surface area contributed by atoms with E-state index in [4.69, 9.17) is 9.05 Å². The highest BCUT2D eigenvalue weighted by molar-refractivity contribution is 7.47. The Morgan fingerprint density at radius 3 is 0.977 bits per heavy atom. The molecule has 0 spiro atoms. The first kappa shape index (κ1) is 86.5. The quantitative estimate of drug-likeness (QED) is 0.0243. The summed E-state index contributed by atoms with van der Waals surface area (Å²) in [5.74, 6) is -0.178. The van der Waals surface area contributed by atoms with Gasteiger partial charge in [-0.2, -0.15) is 0 Å². The number of phosphoric acid groups is 1. The number of quaternary nitrogens is 1. The van der Waals surface area contributed by atoms with E-state index >= 15 is 0 Å². The van der Waals surface area contributed by atoms with Crippen LogP contribution in [0.15, 0.2) is 48.6 Å². The van der Waals surface area contributed by atoms with Gasteiger partial charge in [0.05, 0.1) is 39.9 Å². The van der Waals surface area contributed by atoms with Gasteiger partial charge < -0.3 is 19.8 Å². The largest absolute Gasteiger partial charge is 0.472 e. The Labute approximate surface area is 549 Å². The van der Waals surface area contributed by atoms with Crippen molar-refractivity contribution in [1.82, 2.24) is 5.32 Å². The average molecular weight is 1260 g/mol. The first-order valence-electron chi connectivity index (χ1n) is 39.0. The van der Waals surface area contributed by atoms with E-state index in [-0.39, 0.29) is 19.1 Å². The molecule has 520 valence electrons. The molecule has 0 aromatic rings. The number of hydrogen-bond donors (Lipinski definition) is 3. The van der Waals surface area contributed by atoms with Gasteiger partial charge in [-0.15, -0.1) is 0 Å². The van der Waals surface area contributed by atoms with Gasteiger partial charge in [0.15, 0.2) is 0 Å². The Kier molecular flexibility index (Phi) is 68.6. The number of aliphatic hydroxyl groups excluding tert-OH is 1. The minimum atomic E-state index is -4.36. The zero-order valence-corrected chi connectivity index (χ0v) is 60.6. The van der Waals surface area contributed by atoms with Gasteiger partial charge in [0, 0.05) is 6.42 Å². The van der Waals surface area contributed by atoms with E-state index in [9.17, 15) is 19.4 Å². The molecule has 3 N–H and O–H groups in total. The summed E-state index contributed by atoms with van der Waals surface area (Å²) in [6, 6.07) is -0.864. The third-order valence-corrected chi connectivity index (χ3v) is 19.0. The van der Waals surface area contributed by atoms with E-state index in [0.717, 1.165) is 44.9 Å². The molecule has 0 bridgehead atoms. The number of carbonyl (C=O) groups is 1. The molecule has 88 heavy (non-hydrogen) atoms. The van der Waals surface area contributed by atoms with Crippen LogP contribution in [0.5, 0.6) is 0 Å². The van der Waals surface area contributed by atoms with Crippen molar-refractivity contribution in [3.05, 3.63) is 48.6 Å². The lowest BCUT2D eigenvalue weighted by molar-refractivity contribution is -0.870. The molecule has 0 saturated carbocycles. The van der Waals surface area contributed by atoms with Crippen LogP contribution in [0.25, 0.3) is 0 Å². The van der Waals surface area contributed by atoms with E-state index in [1.54, 1.807) is 6.08 Å². The van der Waals surface area contributed by atoms with Crippen molar-refractivity contribution in [2.45, 2.75) is 411 Å². The maximum atomic E-state index is 13.1. The molecule has 0 aliphatic rings. The normalized spacial score (nSPS) is 13.8. The van der Waals surface area contributed by atoms with E-state index in [1.165, 1.54) is 334 Å². The maximum Gasteiger partial charge on any atom is 0.472 e. The van der Waals surface area contributed by atoms with Crippen molar-refractivity contribution < 1.29 is 32.9 Å². The predicted molar refractivity (Wildman–Crippen MR) is 387 cm³/mol. The summed E-state index contributed by atoms with van der Waals surface area (Å²) in [6.45, 7) is 4.85. The molecule has 0 fully saturated rings. The Morgan fingerprint density at radius 2 is 0.659 bits per heavy atom. The summed E-state index contributed by atoms with van der Waals surface area (Å²) in [5.41, 5.74) is 0. The van der Waals surface area contributed by atoms with Gasteiger partial charge in [-0.1, -0.05) is 377 Å². The molecular formula is C79H154N2O6P+. The molecular weight excluding hydrogens is 1100 g/mol. The molecule has 3 unspecified atom stereocenters. The van der Waals surface area contributed by atoms with Crippen molar-refractivity contribution in [3.63, 3.8) is 0 Å². The fourth-order valence-electron chi connectivity index (χ4n) is 12.0. The molecule has 0 aromatic heterocycles. The molecule has 0 aliphatic heterocycles. The van der Waals surface area contributed by atoms with E-state index in [1.807, 2.05) is 27.2 Å². The Bertz CT molecular complexity index is 1580. The van der Waals surface area contributed by atoms with E-state index in [0.29, 0.717) is 17.4 Å².